The molecule has 174 valence electrons. The van der Waals surface area contributed by atoms with Crippen LogP contribution < -0.4 is 10.6 Å². The number of anilines is 1. The van der Waals surface area contributed by atoms with Gasteiger partial charge in [0.05, 0.1) is 0 Å². The van der Waals surface area contributed by atoms with Crippen molar-refractivity contribution in [3.63, 3.8) is 0 Å². The van der Waals surface area contributed by atoms with E-state index in [0.717, 1.165) is 16.7 Å². The average molecular weight is 465 g/mol. The Kier molecular flexibility index (Phi) is 7.33. The minimum atomic E-state index is -1.12. The lowest BCUT2D eigenvalue weighted by Gasteiger charge is -2.17. The Morgan fingerprint density at radius 3 is 1.89 bits per heavy atom. The van der Waals surface area contributed by atoms with Crippen molar-refractivity contribution in [2.24, 2.45) is 0 Å². The minimum Gasteiger partial charge on any atom is -0.480 e. The molecular weight excluding hydrogens is 440 g/mol. The largest absolute Gasteiger partial charge is 0.480 e. The Balaban J connectivity index is 1.44. The van der Waals surface area contributed by atoms with Gasteiger partial charge in [-0.3, -0.25) is 9.59 Å². The molecule has 4 rings (SSSR count). The van der Waals surface area contributed by atoms with E-state index in [1.54, 1.807) is 48.5 Å². The molecule has 1 unspecified atom stereocenters. The molecule has 3 N–H and O–H groups in total. The Bertz CT molecular complexity index is 1320. The zero-order valence-electron chi connectivity index (χ0n) is 18.8. The number of carbonyl (C=O) groups is 3. The zero-order valence-corrected chi connectivity index (χ0v) is 18.8. The van der Waals surface area contributed by atoms with Crippen LogP contribution in [0, 0.1) is 0 Å². The highest BCUT2D eigenvalue weighted by atomic mass is 16.4. The molecule has 2 amide bonds. The molecule has 0 aliphatic carbocycles. The van der Waals surface area contributed by atoms with Gasteiger partial charge in [-0.2, -0.15) is 0 Å². The molecule has 0 bridgehead atoms. The molecule has 6 heteroatoms. The lowest BCUT2D eigenvalue weighted by atomic mass is 9.95. The highest BCUT2D eigenvalue weighted by Gasteiger charge is 2.22. The van der Waals surface area contributed by atoms with Gasteiger partial charge >= 0.3 is 5.97 Å². The zero-order chi connectivity index (χ0) is 24.6. The van der Waals surface area contributed by atoms with Crippen molar-refractivity contribution in [3.05, 3.63) is 126 Å². The topological polar surface area (TPSA) is 95.5 Å². The van der Waals surface area contributed by atoms with E-state index < -0.39 is 17.9 Å². The first-order chi connectivity index (χ1) is 17.0. The minimum absolute atomic E-state index is 0.136. The Morgan fingerprint density at radius 1 is 0.657 bits per heavy atom. The standard InChI is InChI=1S/C29H24N2O4/c32-27(21-11-5-2-6-12-21)30-24-17-15-22(16-18-24)28(33)31-26(29(34)35)19-23-13-7-8-14-25(23)20-9-3-1-4-10-20/h1-18,26H,19H2,(H,30,32)(H,31,33)(H,34,35). The van der Waals surface area contributed by atoms with Crippen LogP contribution in [0.2, 0.25) is 0 Å². The van der Waals surface area contributed by atoms with Gasteiger partial charge in [-0.1, -0.05) is 72.8 Å². The third-order valence-electron chi connectivity index (χ3n) is 5.57. The second kappa shape index (κ2) is 10.9. The molecule has 0 fully saturated rings. The van der Waals surface area contributed by atoms with Gasteiger partial charge < -0.3 is 15.7 Å². The molecule has 4 aromatic rings. The van der Waals surface area contributed by atoms with E-state index in [-0.39, 0.29) is 12.3 Å². The number of carboxylic acids is 1. The van der Waals surface area contributed by atoms with Crippen LogP contribution in [0.3, 0.4) is 0 Å². The van der Waals surface area contributed by atoms with Gasteiger partial charge in [-0.05, 0) is 53.1 Å². The summed E-state index contributed by atoms with van der Waals surface area (Å²) in [5.41, 5.74) is 4.07. The first-order valence-electron chi connectivity index (χ1n) is 11.1. The highest BCUT2D eigenvalue weighted by Crippen LogP contribution is 2.24. The predicted molar refractivity (Wildman–Crippen MR) is 135 cm³/mol. The van der Waals surface area contributed by atoms with Gasteiger partial charge in [-0.25, -0.2) is 4.79 Å². The van der Waals surface area contributed by atoms with Crippen molar-refractivity contribution in [1.82, 2.24) is 5.32 Å². The number of rotatable bonds is 8. The first-order valence-corrected chi connectivity index (χ1v) is 11.1. The van der Waals surface area contributed by atoms with Crippen molar-refractivity contribution in [3.8, 4) is 11.1 Å². The summed E-state index contributed by atoms with van der Waals surface area (Å²) in [6.45, 7) is 0. The lowest BCUT2D eigenvalue weighted by molar-refractivity contribution is -0.139. The monoisotopic (exact) mass is 464 g/mol. The molecule has 0 aliphatic heterocycles. The normalized spacial score (nSPS) is 11.3. The van der Waals surface area contributed by atoms with Crippen LogP contribution in [-0.2, 0) is 11.2 Å². The summed E-state index contributed by atoms with van der Waals surface area (Å²) in [7, 11) is 0. The van der Waals surface area contributed by atoms with Crippen molar-refractivity contribution in [1.29, 1.82) is 0 Å². The van der Waals surface area contributed by atoms with Crippen LogP contribution in [0.5, 0.6) is 0 Å². The van der Waals surface area contributed by atoms with E-state index in [1.165, 1.54) is 0 Å². The molecule has 0 aromatic heterocycles. The van der Waals surface area contributed by atoms with Crippen LogP contribution in [0.15, 0.2) is 109 Å². The number of nitrogens with one attached hydrogen (secondary N) is 2. The third kappa shape index (κ3) is 6.00. The number of aliphatic carboxylic acids is 1. The lowest BCUT2D eigenvalue weighted by Crippen LogP contribution is -2.42. The fourth-order valence-corrected chi connectivity index (χ4v) is 3.76. The van der Waals surface area contributed by atoms with Crippen molar-refractivity contribution in [2.45, 2.75) is 12.5 Å². The Morgan fingerprint density at radius 2 is 1.23 bits per heavy atom. The highest BCUT2D eigenvalue weighted by molar-refractivity contribution is 6.04. The van der Waals surface area contributed by atoms with Crippen LogP contribution in [-0.4, -0.2) is 28.9 Å². The van der Waals surface area contributed by atoms with Gasteiger partial charge in [0.25, 0.3) is 11.8 Å². The van der Waals surface area contributed by atoms with E-state index in [1.807, 2.05) is 60.7 Å². The molecule has 0 radical (unpaired) electrons. The summed E-state index contributed by atoms with van der Waals surface area (Å²) in [4.78, 5) is 37.1. The number of benzene rings is 4. The maximum atomic E-state index is 12.8. The first kappa shape index (κ1) is 23.4. The maximum Gasteiger partial charge on any atom is 0.326 e. The van der Waals surface area contributed by atoms with Gasteiger partial charge in [-0.15, -0.1) is 0 Å². The van der Waals surface area contributed by atoms with E-state index in [2.05, 4.69) is 10.6 Å². The van der Waals surface area contributed by atoms with Crippen LogP contribution in [0.25, 0.3) is 11.1 Å². The number of carboxylic acid groups (broad SMARTS) is 1. The Hall–Kier alpha value is -4.71. The van der Waals surface area contributed by atoms with Gasteiger partial charge in [0, 0.05) is 23.2 Å². The molecule has 0 saturated heterocycles. The molecule has 0 spiro atoms. The average Bonchev–Trinajstić information content (AvgIpc) is 2.90. The molecule has 0 aliphatic rings. The summed E-state index contributed by atoms with van der Waals surface area (Å²) in [6, 6.07) is 31.3. The number of amides is 2. The number of hydrogen-bond donors (Lipinski definition) is 3. The molecular formula is C29H24N2O4. The second-order valence-corrected chi connectivity index (χ2v) is 7.99. The molecule has 0 heterocycles. The van der Waals surface area contributed by atoms with Crippen molar-refractivity contribution >= 4 is 23.5 Å². The fraction of sp³-hybridized carbons (Fsp3) is 0.0690. The van der Waals surface area contributed by atoms with Gasteiger partial charge in [0.2, 0.25) is 0 Å². The predicted octanol–water partition coefficient (Wildman–Crippen LogP) is 5.03. The fourth-order valence-electron chi connectivity index (χ4n) is 3.76. The summed E-state index contributed by atoms with van der Waals surface area (Å²) in [5, 5.41) is 15.2. The summed E-state index contributed by atoms with van der Waals surface area (Å²) >= 11 is 0. The van der Waals surface area contributed by atoms with Gasteiger partial charge in [0.15, 0.2) is 0 Å². The molecule has 0 saturated carbocycles. The second-order valence-electron chi connectivity index (χ2n) is 7.99. The van der Waals surface area contributed by atoms with Crippen molar-refractivity contribution < 1.29 is 19.5 Å². The molecule has 35 heavy (non-hydrogen) atoms. The summed E-state index contributed by atoms with van der Waals surface area (Å²) < 4.78 is 0. The van der Waals surface area contributed by atoms with Crippen LogP contribution in [0.4, 0.5) is 5.69 Å². The Labute approximate surface area is 203 Å². The summed E-state index contributed by atoms with van der Waals surface area (Å²) in [5.74, 6) is -1.88. The third-order valence-corrected chi connectivity index (χ3v) is 5.57. The van der Waals surface area contributed by atoms with E-state index in [4.69, 9.17) is 0 Å². The van der Waals surface area contributed by atoms with E-state index >= 15 is 0 Å². The number of carbonyl (C=O) groups excluding carboxylic acids is 2. The maximum absolute atomic E-state index is 12.8. The smallest absolute Gasteiger partial charge is 0.326 e. The number of hydrogen-bond acceptors (Lipinski definition) is 3. The quantitative estimate of drug-likeness (QED) is 0.341. The summed E-state index contributed by atoms with van der Waals surface area (Å²) in [6.07, 6.45) is 0.136. The molecule has 6 nitrogen and oxygen atoms in total. The van der Waals surface area contributed by atoms with E-state index in [9.17, 15) is 19.5 Å². The van der Waals surface area contributed by atoms with Crippen LogP contribution >= 0.6 is 0 Å². The molecule has 4 aromatic carbocycles. The molecule has 1 atom stereocenters. The van der Waals surface area contributed by atoms with E-state index in [0.29, 0.717) is 16.8 Å². The van der Waals surface area contributed by atoms with Gasteiger partial charge in [0.1, 0.15) is 6.04 Å². The van der Waals surface area contributed by atoms with Crippen LogP contribution in [0.1, 0.15) is 26.3 Å². The van der Waals surface area contributed by atoms with Crippen molar-refractivity contribution in [2.75, 3.05) is 5.32 Å². The SMILES string of the molecule is O=C(Nc1ccc(C(=O)NC(Cc2ccccc2-c2ccccc2)C(=O)O)cc1)c1ccccc1.